The zero-order valence-electron chi connectivity index (χ0n) is 18.3. The summed E-state index contributed by atoms with van der Waals surface area (Å²) in [6.07, 6.45) is 10.2. The summed E-state index contributed by atoms with van der Waals surface area (Å²) in [5.74, 6) is 1.79. The normalized spacial score (nSPS) is 16.0. The van der Waals surface area contributed by atoms with Crippen molar-refractivity contribution in [3.05, 3.63) is 29.6 Å². The molecule has 29 heavy (non-hydrogen) atoms. The van der Waals surface area contributed by atoms with E-state index in [0.717, 1.165) is 49.1 Å². The van der Waals surface area contributed by atoms with E-state index in [2.05, 4.69) is 36.7 Å². The molecule has 1 atom stereocenters. The maximum atomic E-state index is 12.7. The third-order valence-electron chi connectivity index (χ3n) is 6.47. The van der Waals surface area contributed by atoms with Crippen molar-refractivity contribution in [1.29, 1.82) is 0 Å². The van der Waals surface area contributed by atoms with Gasteiger partial charge in [0, 0.05) is 18.0 Å². The molecule has 0 spiro atoms. The molecule has 0 bridgehead atoms. The Balaban J connectivity index is 1.92. The SMILES string of the molecule is CCC[C@H](CO)NC(=O)c1ccc2c(c1)nc(CC1CCCC1)n2C(CC)CC. The fraction of sp³-hybridized carbons (Fsp3) is 0.667. The lowest BCUT2D eigenvalue weighted by Crippen LogP contribution is -2.37. The molecule has 0 saturated heterocycles. The van der Waals surface area contributed by atoms with Gasteiger partial charge in [-0.15, -0.1) is 0 Å². The van der Waals surface area contributed by atoms with Crippen LogP contribution in [0.2, 0.25) is 0 Å². The molecule has 3 rings (SSSR count). The van der Waals surface area contributed by atoms with E-state index >= 15 is 0 Å². The zero-order chi connectivity index (χ0) is 20.8. The van der Waals surface area contributed by atoms with E-state index in [0.29, 0.717) is 11.6 Å². The average Bonchev–Trinajstić information content (AvgIpc) is 3.36. The van der Waals surface area contributed by atoms with E-state index in [1.807, 2.05) is 12.1 Å². The molecule has 160 valence electrons. The molecule has 0 unspecified atom stereocenters. The fourth-order valence-corrected chi connectivity index (χ4v) is 4.79. The Bertz CT molecular complexity index is 804. The first-order valence-corrected chi connectivity index (χ1v) is 11.5. The first-order valence-electron chi connectivity index (χ1n) is 11.5. The van der Waals surface area contributed by atoms with Crippen molar-refractivity contribution in [3.63, 3.8) is 0 Å². The fourth-order valence-electron chi connectivity index (χ4n) is 4.79. The van der Waals surface area contributed by atoms with Crippen molar-refractivity contribution < 1.29 is 9.90 Å². The molecular formula is C24H37N3O2. The predicted octanol–water partition coefficient (Wildman–Crippen LogP) is 5.02. The smallest absolute Gasteiger partial charge is 0.251 e. The third-order valence-corrected chi connectivity index (χ3v) is 6.47. The van der Waals surface area contributed by atoms with E-state index in [9.17, 15) is 9.90 Å². The molecule has 2 N–H and O–H groups in total. The number of nitrogens with zero attached hydrogens (tertiary/aromatic N) is 2. The molecule has 1 aromatic carbocycles. The van der Waals surface area contributed by atoms with Gasteiger partial charge in [0.2, 0.25) is 0 Å². The lowest BCUT2D eigenvalue weighted by atomic mass is 10.0. The molecule has 0 aliphatic heterocycles. The molecule has 1 saturated carbocycles. The van der Waals surface area contributed by atoms with E-state index in [4.69, 9.17) is 4.98 Å². The van der Waals surface area contributed by atoms with Crippen molar-refractivity contribution in [2.24, 2.45) is 5.92 Å². The minimum Gasteiger partial charge on any atom is -0.394 e. The van der Waals surface area contributed by atoms with Crippen molar-refractivity contribution in [2.75, 3.05) is 6.61 Å². The summed E-state index contributed by atoms with van der Waals surface area (Å²) in [4.78, 5) is 17.7. The van der Waals surface area contributed by atoms with Crippen LogP contribution in [0.15, 0.2) is 18.2 Å². The lowest BCUT2D eigenvalue weighted by molar-refractivity contribution is 0.0913. The second kappa shape index (κ2) is 10.2. The van der Waals surface area contributed by atoms with Crippen molar-refractivity contribution in [2.45, 2.75) is 90.6 Å². The second-order valence-electron chi connectivity index (χ2n) is 8.57. The molecule has 5 nitrogen and oxygen atoms in total. The number of carbonyl (C=O) groups is 1. The highest BCUT2D eigenvalue weighted by Crippen LogP contribution is 2.32. The van der Waals surface area contributed by atoms with E-state index in [1.54, 1.807) is 0 Å². The van der Waals surface area contributed by atoms with Gasteiger partial charge in [0.1, 0.15) is 5.82 Å². The average molecular weight is 400 g/mol. The molecule has 1 aliphatic carbocycles. The third kappa shape index (κ3) is 5.00. The summed E-state index contributed by atoms with van der Waals surface area (Å²) in [6.45, 7) is 6.50. The minimum absolute atomic E-state index is 0.0311. The van der Waals surface area contributed by atoms with Crippen LogP contribution in [0.1, 0.15) is 94.4 Å². The van der Waals surface area contributed by atoms with Crippen LogP contribution in [0.5, 0.6) is 0 Å². The molecule has 0 radical (unpaired) electrons. The van der Waals surface area contributed by atoms with Crippen LogP contribution in [-0.2, 0) is 6.42 Å². The van der Waals surface area contributed by atoms with Gasteiger partial charge in [-0.3, -0.25) is 4.79 Å². The van der Waals surface area contributed by atoms with Crippen LogP contribution in [0, 0.1) is 5.92 Å². The lowest BCUT2D eigenvalue weighted by Gasteiger charge is -2.20. The van der Waals surface area contributed by atoms with Gasteiger partial charge in [-0.25, -0.2) is 4.98 Å². The van der Waals surface area contributed by atoms with Crippen molar-refractivity contribution >= 4 is 16.9 Å². The van der Waals surface area contributed by atoms with Gasteiger partial charge in [-0.2, -0.15) is 0 Å². The molecule has 1 aliphatic rings. The minimum atomic E-state index is -0.191. The Hall–Kier alpha value is -1.88. The van der Waals surface area contributed by atoms with Gasteiger partial charge in [0.15, 0.2) is 0 Å². The Morgan fingerprint density at radius 1 is 1.24 bits per heavy atom. The van der Waals surface area contributed by atoms with Gasteiger partial charge < -0.3 is 15.0 Å². The largest absolute Gasteiger partial charge is 0.394 e. The number of imidazole rings is 1. The van der Waals surface area contributed by atoms with Gasteiger partial charge >= 0.3 is 0 Å². The summed E-state index contributed by atoms with van der Waals surface area (Å²) in [6, 6.07) is 6.13. The van der Waals surface area contributed by atoms with Crippen LogP contribution in [0.4, 0.5) is 0 Å². The topological polar surface area (TPSA) is 67.2 Å². The van der Waals surface area contributed by atoms with Crippen LogP contribution in [0.25, 0.3) is 11.0 Å². The maximum Gasteiger partial charge on any atom is 0.251 e. The summed E-state index contributed by atoms with van der Waals surface area (Å²) in [5, 5.41) is 12.4. The van der Waals surface area contributed by atoms with Crippen molar-refractivity contribution in [3.8, 4) is 0 Å². The summed E-state index contributed by atoms with van der Waals surface area (Å²) >= 11 is 0. The number of aliphatic hydroxyl groups is 1. The molecule has 1 amide bonds. The van der Waals surface area contributed by atoms with Crippen molar-refractivity contribution in [1.82, 2.24) is 14.9 Å². The number of fused-ring (bicyclic) bond motifs is 1. The number of rotatable bonds is 10. The summed E-state index contributed by atoms with van der Waals surface area (Å²) < 4.78 is 2.43. The summed E-state index contributed by atoms with van der Waals surface area (Å²) in [5.41, 5.74) is 2.66. The number of amides is 1. The highest BCUT2D eigenvalue weighted by atomic mass is 16.3. The van der Waals surface area contributed by atoms with Gasteiger partial charge in [0.05, 0.1) is 23.7 Å². The van der Waals surface area contributed by atoms with Gasteiger partial charge in [0.25, 0.3) is 5.91 Å². The number of hydrogen-bond donors (Lipinski definition) is 2. The van der Waals surface area contributed by atoms with Crippen LogP contribution in [0.3, 0.4) is 0 Å². The first-order chi connectivity index (χ1) is 14.1. The highest BCUT2D eigenvalue weighted by molar-refractivity contribution is 5.97. The highest BCUT2D eigenvalue weighted by Gasteiger charge is 2.23. The van der Waals surface area contributed by atoms with Crippen LogP contribution >= 0.6 is 0 Å². The van der Waals surface area contributed by atoms with Crippen LogP contribution < -0.4 is 5.32 Å². The Kier molecular flexibility index (Phi) is 7.70. The van der Waals surface area contributed by atoms with Crippen LogP contribution in [-0.4, -0.2) is 33.2 Å². The number of carbonyl (C=O) groups excluding carboxylic acids is 1. The second-order valence-corrected chi connectivity index (χ2v) is 8.57. The first kappa shape index (κ1) is 21.8. The standard InChI is InChI=1S/C24H37N3O2/c1-4-9-19(16-28)25-24(29)18-12-13-22-21(15-18)26-23(14-17-10-7-8-11-17)27(22)20(5-2)6-3/h12-13,15,17,19-20,28H,4-11,14,16H2,1-3H3,(H,25,29)/t19-/m1/s1. The van der Waals surface area contributed by atoms with E-state index < -0.39 is 0 Å². The molecule has 1 aromatic heterocycles. The number of aliphatic hydroxyl groups excluding tert-OH is 1. The maximum absolute atomic E-state index is 12.7. The van der Waals surface area contributed by atoms with E-state index in [-0.39, 0.29) is 18.6 Å². The number of aromatic nitrogens is 2. The molecule has 1 fully saturated rings. The predicted molar refractivity (Wildman–Crippen MR) is 118 cm³/mol. The Morgan fingerprint density at radius 3 is 2.59 bits per heavy atom. The number of hydrogen-bond acceptors (Lipinski definition) is 3. The molecular weight excluding hydrogens is 362 g/mol. The molecule has 1 heterocycles. The summed E-state index contributed by atoms with van der Waals surface area (Å²) in [7, 11) is 0. The van der Waals surface area contributed by atoms with Gasteiger partial charge in [-0.1, -0.05) is 52.9 Å². The monoisotopic (exact) mass is 399 g/mol. The Morgan fingerprint density at radius 2 is 1.97 bits per heavy atom. The molecule has 2 aromatic rings. The quantitative estimate of drug-likeness (QED) is 0.589. The zero-order valence-corrected chi connectivity index (χ0v) is 18.3. The number of nitrogens with one attached hydrogen (secondary N) is 1. The molecule has 5 heteroatoms. The number of benzene rings is 1. The van der Waals surface area contributed by atoms with Gasteiger partial charge in [-0.05, 0) is 43.4 Å². The Labute approximate surface area is 174 Å². The van der Waals surface area contributed by atoms with E-state index in [1.165, 1.54) is 31.5 Å².